The third-order valence-electron chi connectivity index (χ3n) is 5.53. The molecule has 0 unspecified atom stereocenters. The van der Waals surface area contributed by atoms with Gasteiger partial charge in [-0.05, 0) is 66.9 Å². The molecule has 0 saturated carbocycles. The number of primary amides is 1. The molecule has 0 spiro atoms. The molecule has 0 aromatic heterocycles. The van der Waals surface area contributed by atoms with E-state index in [4.69, 9.17) is 22.4 Å². The average Bonchev–Trinajstić information content (AvgIpc) is 2.89. The fourth-order valence-corrected chi connectivity index (χ4v) is 3.96. The highest BCUT2D eigenvalue weighted by molar-refractivity contribution is 14.1. The molecule has 0 aliphatic carbocycles. The van der Waals surface area contributed by atoms with Gasteiger partial charge in [0, 0.05) is 34.8 Å². The number of aromatic carboxylic acids is 1. The van der Waals surface area contributed by atoms with Gasteiger partial charge in [0.25, 0.3) is 0 Å². The van der Waals surface area contributed by atoms with Crippen LogP contribution in [0.15, 0.2) is 78.9 Å². The maximum atomic E-state index is 11.2. The summed E-state index contributed by atoms with van der Waals surface area (Å²) in [5.41, 5.74) is 8.88. The van der Waals surface area contributed by atoms with Crippen LogP contribution < -0.4 is 10.6 Å². The second kappa shape index (κ2) is 16.2. The number of benzene rings is 3. The summed E-state index contributed by atoms with van der Waals surface area (Å²) in [6.45, 7) is 5.55. The number of hydrogen-bond acceptors (Lipinski definition) is 3. The van der Waals surface area contributed by atoms with Gasteiger partial charge in [-0.25, -0.2) is 9.59 Å². The number of anilines is 1. The molecule has 0 heterocycles. The summed E-state index contributed by atoms with van der Waals surface area (Å²) in [5.74, 6) is -0.887. The molecular weight excluding hydrogens is 589 g/mol. The van der Waals surface area contributed by atoms with Crippen LogP contribution in [0.3, 0.4) is 0 Å². The Bertz CT molecular complexity index is 1060. The van der Waals surface area contributed by atoms with Crippen molar-refractivity contribution in [3.8, 4) is 0 Å². The molecule has 0 aliphatic heterocycles. The van der Waals surface area contributed by atoms with E-state index < -0.39 is 5.97 Å². The summed E-state index contributed by atoms with van der Waals surface area (Å²) in [4.78, 5) is 25.9. The average molecular weight is 622 g/mol. The number of carbonyl (C=O) groups is 2. The van der Waals surface area contributed by atoms with E-state index in [1.54, 1.807) is 17.0 Å². The molecule has 8 heteroatoms. The number of alkyl halides is 1. The van der Waals surface area contributed by atoms with Gasteiger partial charge in [-0.15, -0.1) is 0 Å². The molecule has 2 amide bonds. The number of para-hydroxylation sites is 1. The van der Waals surface area contributed by atoms with Gasteiger partial charge in [0.2, 0.25) is 0 Å². The first-order chi connectivity index (χ1) is 17.3. The number of amides is 2. The molecule has 3 aromatic rings. The van der Waals surface area contributed by atoms with Crippen LogP contribution >= 0.6 is 34.2 Å². The summed E-state index contributed by atoms with van der Waals surface area (Å²) in [5, 5.41) is 9.67. The van der Waals surface area contributed by atoms with Crippen molar-refractivity contribution >= 4 is 51.9 Å². The van der Waals surface area contributed by atoms with Crippen molar-refractivity contribution in [1.29, 1.82) is 0 Å². The Hall–Kier alpha value is -2.62. The standard InChI is InChI=1S/C18H20ClNO2.C10H13IN2O/c1-2-20(12-11-14-5-9-17(19)10-6-14)13-15-3-7-16(8-4-15)18(21)22;11-7-4-8-13(10(12)14)9-5-2-1-3-6-9/h3-10H,2,11-13H2,1H3,(H,21,22);1-3,5-6H,4,7-8H2,(H2,12,14). The minimum absolute atomic E-state index is 0.327. The Morgan fingerprint density at radius 3 is 2.06 bits per heavy atom. The van der Waals surface area contributed by atoms with Gasteiger partial charge in [-0.3, -0.25) is 9.80 Å². The lowest BCUT2D eigenvalue weighted by Gasteiger charge is -2.20. The largest absolute Gasteiger partial charge is 0.478 e. The van der Waals surface area contributed by atoms with E-state index in [-0.39, 0.29) is 6.03 Å². The van der Waals surface area contributed by atoms with Crippen molar-refractivity contribution in [2.45, 2.75) is 26.3 Å². The second-order valence-electron chi connectivity index (χ2n) is 8.12. The molecule has 0 aliphatic rings. The normalized spacial score (nSPS) is 10.4. The third-order valence-corrected chi connectivity index (χ3v) is 6.55. The van der Waals surface area contributed by atoms with E-state index in [1.807, 2.05) is 54.6 Å². The van der Waals surface area contributed by atoms with Crippen molar-refractivity contribution in [3.63, 3.8) is 0 Å². The number of nitrogens with zero attached hydrogens (tertiary/aromatic N) is 2. The molecule has 0 saturated heterocycles. The number of urea groups is 1. The molecular formula is C28H33ClIN3O3. The zero-order valence-electron chi connectivity index (χ0n) is 20.4. The predicted molar refractivity (Wildman–Crippen MR) is 156 cm³/mol. The monoisotopic (exact) mass is 621 g/mol. The van der Waals surface area contributed by atoms with Gasteiger partial charge in [0.05, 0.1) is 5.56 Å². The Balaban J connectivity index is 0.000000281. The van der Waals surface area contributed by atoms with Crippen molar-refractivity contribution < 1.29 is 14.7 Å². The molecule has 0 atom stereocenters. The Labute approximate surface area is 232 Å². The van der Waals surface area contributed by atoms with E-state index in [0.717, 1.165) is 53.2 Å². The van der Waals surface area contributed by atoms with E-state index in [9.17, 15) is 9.59 Å². The van der Waals surface area contributed by atoms with Crippen molar-refractivity contribution in [2.24, 2.45) is 5.73 Å². The smallest absolute Gasteiger partial charge is 0.335 e. The van der Waals surface area contributed by atoms with Crippen LogP contribution in [0.2, 0.25) is 5.02 Å². The predicted octanol–water partition coefficient (Wildman–Crippen LogP) is 6.50. The van der Waals surface area contributed by atoms with E-state index in [1.165, 1.54) is 5.56 Å². The number of carbonyl (C=O) groups excluding carboxylic acids is 1. The molecule has 3 aromatic carbocycles. The van der Waals surface area contributed by atoms with Gasteiger partial charge in [-0.2, -0.15) is 0 Å². The first-order valence-corrected chi connectivity index (χ1v) is 13.7. The molecule has 0 radical (unpaired) electrons. The van der Waals surface area contributed by atoms with Crippen molar-refractivity contribution in [2.75, 3.05) is 29.0 Å². The van der Waals surface area contributed by atoms with Crippen LogP contribution in [-0.2, 0) is 13.0 Å². The SMILES string of the molecule is CCN(CCc1ccc(Cl)cc1)Cc1ccc(C(=O)O)cc1.NC(=O)N(CCCI)c1ccccc1. The molecule has 36 heavy (non-hydrogen) atoms. The number of carboxylic acid groups (broad SMARTS) is 1. The summed E-state index contributed by atoms with van der Waals surface area (Å²) in [6.07, 6.45) is 1.93. The minimum atomic E-state index is -0.887. The van der Waals surface area contributed by atoms with E-state index in [0.29, 0.717) is 12.1 Å². The number of nitrogens with two attached hydrogens (primary N) is 1. The highest BCUT2D eigenvalue weighted by atomic mass is 127. The fourth-order valence-electron chi connectivity index (χ4n) is 3.49. The lowest BCUT2D eigenvalue weighted by molar-refractivity contribution is 0.0697. The number of hydrogen-bond donors (Lipinski definition) is 2. The number of halogens is 2. The molecule has 0 fully saturated rings. The van der Waals surface area contributed by atoms with Gasteiger partial charge in [0.1, 0.15) is 0 Å². The van der Waals surface area contributed by atoms with Crippen LogP contribution in [0.5, 0.6) is 0 Å². The summed E-state index contributed by atoms with van der Waals surface area (Å²) >= 11 is 8.18. The van der Waals surface area contributed by atoms with Crippen molar-refractivity contribution in [3.05, 3.63) is 101 Å². The summed E-state index contributed by atoms with van der Waals surface area (Å²) in [7, 11) is 0. The highest BCUT2D eigenvalue weighted by Crippen LogP contribution is 2.14. The van der Waals surface area contributed by atoms with Gasteiger partial charge in [-0.1, -0.05) is 83.6 Å². The highest BCUT2D eigenvalue weighted by Gasteiger charge is 2.10. The first-order valence-electron chi connectivity index (χ1n) is 11.8. The van der Waals surface area contributed by atoms with E-state index >= 15 is 0 Å². The van der Waals surface area contributed by atoms with Gasteiger partial charge < -0.3 is 10.8 Å². The number of carboxylic acids is 1. The first kappa shape index (κ1) is 29.6. The topological polar surface area (TPSA) is 86.9 Å². The molecule has 192 valence electrons. The summed E-state index contributed by atoms with van der Waals surface area (Å²) in [6, 6.07) is 24.1. The molecule has 3 rings (SSSR count). The third kappa shape index (κ3) is 10.6. The fraction of sp³-hybridized carbons (Fsp3) is 0.286. The summed E-state index contributed by atoms with van der Waals surface area (Å²) < 4.78 is 1.02. The Morgan fingerprint density at radius 1 is 0.917 bits per heavy atom. The Kier molecular flexibility index (Phi) is 13.3. The number of likely N-dealkylation sites (N-methyl/N-ethyl adjacent to an activating group) is 1. The second-order valence-corrected chi connectivity index (χ2v) is 9.63. The lowest BCUT2D eigenvalue weighted by atomic mass is 10.1. The Morgan fingerprint density at radius 2 is 1.53 bits per heavy atom. The quantitative estimate of drug-likeness (QED) is 0.189. The van der Waals surface area contributed by atoms with Gasteiger partial charge >= 0.3 is 12.0 Å². The van der Waals surface area contributed by atoms with Crippen LogP contribution in [-0.4, -0.2) is 46.1 Å². The van der Waals surface area contributed by atoms with Crippen LogP contribution in [0, 0.1) is 0 Å². The molecule has 3 N–H and O–H groups in total. The van der Waals surface area contributed by atoms with E-state index in [2.05, 4.69) is 46.5 Å². The number of rotatable bonds is 11. The van der Waals surface area contributed by atoms with Gasteiger partial charge in [0.15, 0.2) is 0 Å². The maximum absolute atomic E-state index is 11.2. The molecule has 6 nitrogen and oxygen atoms in total. The van der Waals surface area contributed by atoms with Crippen molar-refractivity contribution in [1.82, 2.24) is 4.90 Å². The molecule has 0 bridgehead atoms. The maximum Gasteiger partial charge on any atom is 0.335 e. The van der Waals surface area contributed by atoms with Crippen LogP contribution in [0.4, 0.5) is 10.5 Å². The lowest BCUT2D eigenvalue weighted by Crippen LogP contribution is -2.36. The zero-order chi connectivity index (χ0) is 26.3. The van der Waals surface area contributed by atoms with Crippen LogP contribution in [0.25, 0.3) is 0 Å². The zero-order valence-corrected chi connectivity index (χ0v) is 23.4. The van der Waals surface area contributed by atoms with Crippen LogP contribution in [0.1, 0.15) is 34.8 Å². The minimum Gasteiger partial charge on any atom is -0.478 e.